The van der Waals surface area contributed by atoms with Crippen molar-refractivity contribution in [3.63, 3.8) is 0 Å². The Balaban J connectivity index is 1.69. The van der Waals surface area contributed by atoms with Crippen molar-refractivity contribution < 1.29 is 18.4 Å². The number of benzene rings is 2. The molecule has 0 saturated carbocycles. The monoisotopic (exact) mass is 358 g/mol. The van der Waals surface area contributed by atoms with Crippen molar-refractivity contribution in [3.8, 4) is 0 Å². The topological polar surface area (TPSA) is 82.9 Å². The second-order valence-corrected chi connectivity index (χ2v) is 5.20. The Hall–Kier alpha value is -3.42. The van der Waals surface area contributed by atoms with Crippen molar-refractivity contribution in [3.05, 3.63) is 71.3 Å². The summed E-state index contributed by atoms with van der Waals surface area (Å²) in [4.78, 5) is 23.2. The molecule has 2 N–H and O–H groups in total. The largest absolute Gasteiger partial charge is 0.273 e. The van der Waals surface area contributed by atoms with E-state index in [2.05, 4.69) is 21.1 Å². The van der Waals surface area contributed by atoms with Crippen molar-refractivity contribution in [2.45, 2.75) is 12.8 Å². The zero-order chi connectivity index (χ0) is 18.8. The highest BCUT2D eigenvalue weighted by Gasteiger charge is 2.05. The van der Waals surface area contributed by atoms with Crippen LogP contribution in [0.4, 0.5) is 8.78 Å². The summed E-state index contributed by atoms with van der Waals surface area (Å²) < 4.78 is 25.9. The van der Waals surface area contributed by atoms with Gasteiger partial charge in [-0.1, -0.05) is 24.3 Å². The number of nitrogens with one attached hydrogen (secondary N) is 2. The first-order valence-corrected chi connectivity index (χ1v) is 7.68. The summed E-state index contributed by atoms with van der Waals surface area (Å²) in [7, 11) is 0. The smallest absolute Gasteiger partial charge is 0.240 e. The predicted octanol–water partition coefficient (Wildman–Crippen LogP) is 2.35. The second-order valence-electron chi connectivity index (χ2n) is 5.20. The molecule has 0 aliphatic rings. The van der Waals surface area contributed by atoms with Gasteiger partial charge in [0, 0.05) is 12.8 Å². The minimum atomic E-state index is -0.470. The molecule has 2 aromatic rings. The van der Waals surface area contributed by atoms with E-state index in [9.17, 15) is 18.4 Å². The van der Waals surface area contributed by atoms with E-state index in [-0.39, 0.29) is 12.8 Å². The van der Waals surface area contributed by atoms with Crippen LogP contribution in [0.1, 0.15) is 24.0 Å². The number of hydrogen-bond donors (Lipinski definition) is 2. The number of carbonyl (C=O) groups excluding carboxylic acids is 2. The van der Waals surface area contributed by atoms with Crippen LogP contribution in [0, 0.1) is 11.6 Å². The van der Waals surface area contributed by atoms with Crippen LogP contribution in [0.25, 0.3) is 0 Å². The lowest BCUT2D eigenvalue weighted by Crippen LogP contribution is -2.22. The van der Waals surface area contributed by atoms with Crippen molar-refractivity contribution in [1.29, 1.82) is 0 Å². The first-order valence-electron chi connectivity index (χ1n) is 7.68. The molecule has 0 radical (unpaired) electrons. The summed E-state index contributed by atoms with van der Waals surface area (Å²) >= 11 is 0. The Morgan fingerprint density at radius 3 is 1.62 bits per heavy atom. The maximum atomic E-state index is 13.0. The fourth-order valence-corrected chi connectivity index (χ4v) is 1.87. The third kappa shape index (κ3) is 7.00. The number of amides is 2. The number of halogens is 2. The van der Waals surface area contributed by atoms with Crippen LogP contribution in [0.15, 0.2) is 58.7 Å². The molecule has 0 aliphatic heterocycles. The Morgan fingerprint density at radius 1 is 0.808 bits per heavy atom. The standard InChI is InChI=1S/C18H16F2N4O2/c19-15-5-1-3-13(9-15)11-21-23-17(25)7-8-18(26)24-22-12-14-4-2-6-16(20)10-14/h1-6,9-12H,7-8H2,(H,23,25)(H,24,26)/b21-11+,22-12+. The van der Waals surface area contributed by atoms with E-state index in [1.807, 2.05) is 0 Å². The molecular formula is C18H16F2N4O2. The Kier molecular flexibility index (Phi) is 7.11. The fraction of sp³-hybridized carbons (Fsp3) is 0.111. The van der Waals surface area contributed by atoms with Crippen molar-refractivity contribution in [1.82, 2.24) is 10.9 Å². The van der Waals surface area contributed by atoms with Gasteiger partial charge in [-0.3, -0.25) is 9.59 Å². The number of carbonyl (C=O) groups is 2. The van der Waals surface area contributed by atoms with Gasteiger partial charge in [-0.25, -0.2) is 19.6 Å². The average molecular weight is 358 g/mol. The lowest BCUT2D eigenvalue weighted by atomic mass is 10.2. The van der Waals surface area contributed by atoms with E-state index in [1.54, 1.807) is 12.1 Å². The molecule has 0 aliphatic carbocycles. The highest BCUT2D eigenvalue weighted by atomic mass is 19.1. The maximum absolute atomic E-state index is 13.0. The number of hydrazone groups is 2. The van der Waals surface area contributed by atoms with Crippen molar-refractivity contribution >= 4 is 24.2 Å². The molecule has 0 bridgehead atoms. The molecule has 0 heterocycles. The first-order chi connectivity index (χ1) is 12.5. The third-order valence-electron chi connectivity index (χ3n) is 3.08. The fourth-order valence-electron chi connectivity index (χ4n) is 1.87. The van der Waals surface area contributed by atoms with Gasteiger partial charge in [0.15, 0.2) is 0 Å². The number of nitrogens with zero attached hydrogens (tertiary/aromatic N) is 2. The first kappa shape index (κ1) is 18.9. The lowest BCUT2D eigenvalue weighted by Gasteiger charge is -2.00. The van der Waals surface area contributed by atoms with E-state index in [4.69, 9.17) is 0 Å². The molecule has 8 heteroatoms. The molecule has 2 aromatic carbocycles. The molecule has 6 nitrogen and oxygen atoms in total. The molecule has 26 heavy (non-hydrogen) atoms. The molecule has 134 valence electrons. The van der Waals surface area contributed by atoms with Gasteiger partial charge in [-0.2, -0.15) is 10.2 Å². The Labute approximate surface area is 148 Å². The molecule has 2 amide bonds. The zero-order valence-electron chi connectivity index (χ0n) is 13.7. The highest BCUT2D eigenvalue weighted by molar-refractivity contribution is 5.86. The SMILES string of the molecule is O=C(CCC(=O)N/N=C/c1cccc(F)c1)N/N=C/c1cccc(F)c1. The third-order valence-corrected chi connectivity index (χ3v) is 3.08. The van der Waals surface area contributed by atoms with Crippen molar-refractivity contribution in [2.75, 3.05) is 0 Å². The van der Waals surface area contributed by atoms with Gasteiger partial charge in [0.1, 0.15) is 11.6 Å². The molecule has 0 aromatic heterocycles. The molecule has 0 fully saturated rings. The highest BCUT2D eigenvalue weighted by Crippen LogP contribution is 2.01. The average Bonchev–Trinajstić information content (AvgIpc) is 2.60. The van der Waals surface area contributed by atoms with Crippen LogP contribution < -0.4 is 10.9 Å². The molecule has 0 atom stereocenters. The number of rotatable bonds is 7. The van der Waals surface area contributed by atoms with E-state index < -0.39 is 23.4 Å². The summed E-state index contributed by atoms with van der Waals surface area (Å²) in [6.45, 7) is 0. The van der Waals surface area contributed by atoms with Crippen LogP contribution in [0.3, 0.4) is 0 Å². The lowest BCUT2D eigenvalue weighted by molar-refractivity contribution is -0.126. The van der Waals surface area contributed by atoms with Crippen LogP contribution in [-0.4, -0.2) is 24.2 Å². The summed E-state index contributed by atoms with van der Waals surface area (Å²) in [6, 6.07) is 11.4. The summed E-state index contributed by atoms with van der Waals surface area (Å²) in [6.07, 6.45) is 2.40. The second kappa shape index (κ2) is 9.77. The van der Waals surface area contributed by atoms with E-state index in [1.165, 1.54) is 48.8 Å². The van der Waals surface area contributed by atoms with Gasteiger partial charge >= 0.3 is 0 Å². The van der Waals surface area contributed by atoms with Gasteiger partial charge in [0.2, 0.25) is 11.8 Å². The molecule has 0 spiro atoms. The molecule has 2 rings (SSSR count). The predicted molar refractivity (Wildman–Crippen MR) is 93.5 cm³/mol. The van der Waals surface area contributed by atoms with Crippen molar-refractivity contribution in [2.24, 2.45) is 10.2 Å². The number of hydrogen-bond acceptors (Lipinski definition) is 4. The summed E-state index contributed by atoms with van der Waals surface area (Å²) in [5.74, 6) is -1.75. The zero-order valence-corrected chi connectivity index (χ0v) is 13.7. The van der Waals surface area contributed by atoms with Crippen LogP contribution in [0.5, 0.6) is 0 Å². The quantitative estimate of drug-likeness (QED) is 0.588. The van der Waals surface area contributed by atoms with E-state index >= 15 is 0 Å². The minimum absolute atomic E-state index is 0.0954. The van der Waals surface area contributed by atoms with E-state index in [0.717, 1.165) is 0 Å². The summed E-state index contributed by atoms with van der Waals surface area (Å²) in [5.41, 5.74) is 5.47. The van der Waals surface area contributed by atoms with E-state index in [0.29, 0.717) is 11.1 Å². The van der Waals surface area contributed by atoms with Crippen LogP contribution in [0.2, 0.25) is 0 Å². The Bertz CT molecular complexity index is 768. The summed E-state index contributed by atoms with van der Waals surface area (Å²) in [5, 5.41) is 7.37. The maximum Gasteiger partial charge on any atom is 0.240 e. The van der Waals surface area contributed by atoms with Gasteiger partial charge in [-0.15, -0.1) is 0 Å². The van der Waals surface area contributed by atoms with Crippen LogP contribution in [-0.2, 0) is 9.59 Å². The van der Waals surface area contributed by atoms with Crippen LogP contribution >= 0.6 is 0 Å². The van der Waals surface area contributed by atoms with Gasteiger partial charge in [0.25, 0.3) is 0 Å². The Morgan fingerprint density at radius 2 is 1.23 bits per heavy atom. The van der Waals surface area contributed by atoms with Gasteiger partial charge in [-0.05, 0) is 35.4 Å². The normalized spacial score (nSPS) is 11.0. The molecule has 0 unspecified atom stereocenters. The van der Waals surface area contributed by atoms with Gasteiger partial charge < -0.3 is 0 Å². The molecule has 0 saturated heterocycles. The molecular weight excluding hydrogens is 342 g/mol. The van der Waals surface area contributed by atoms with Gasteiger partial charge in [0.05, 0.1) is 12.4 Å². The minimum Gasteiger partial charge on any atom is -0.273 e.